The Labute approximate surface area is 111 Å². The van der Waals surface area contributed by atoms with Gasteiger partial charge in [0.1, 0.15) is 0 Å². The van der Waals surface area contributed by atoms with E-state index in [-0.39, 0.29) is 0 Å². The highest BCUT2D eigenvalue weighted by Crippen LogP contribution is 2.23. The molecule has 0 bridgehead atoms. The van der Waals surface area contributed by atoms with E-state index in [0.717, 1.165) is 19.6 Å². The maximum Gasteiger partial charge on any atom is 0.0312 e. The third-order valence-electron chi connectivity index (χ3n) is 4.36. The molecule has 100 valence electrons. The largest absolute Gasteiger partial charge is 0.308 e. The average molecular weight is 247 g/mol. The summed E-state index contributed by atoms with van der Waals surface area (Å²) in [5.74, 6) is 0. The summed E-state index contributed by atoms with van der Waals surface area (Å²) in [7, 11) is 0. The predicted octanol–water partition coefficient (Wildman–Crippen LogP) is 2.43. The first kappa shape index (κ1) is 13.5. The van der Waals surface area contributed by atoms with Crippen LogP contribution in [0.1, 0.15) is 39.2 Å². The minimum absolute atomic E-state index is 0.300. The molecule has 1 aromatic heterocycles. The first-order valence-corrected chi connectivity index (χ1v) is 7.07. The van der Waals surface area contributed by atoms with Gasteiger partial charge in [-0.25, -0.2) is 0 Å². The number of nitrogens with zero attached hydrogens (tertiary/aromatic N) is 2. The zero-order valence-electron chi connectivity index (χ0n) is 11.8. The van der Waals surface area contributed by atoms with Crippen LogP contribution in [0.2, 0.25) is 0 Å². The Bertz CT molecular complexity index is 359. The fourth-order valence-corrected chi connectivity index (χ4v) is 2.76. The Morgan fingerprint density at radius 2 is 2.22 bits per heavy atom. The van der Waals surface area contributed by atoms with Gasteiger partial charge in [0.05, 0.1) is 0 Å². The molecule has 0 saturated carbocycles. The summed E-state index contributed by atoms with van der Waals surface area (Å²) in [6.07, 6.45) is 6.21. The van der Waals surface area contributed by atoms with E-state index in [9.17, 15) is 0 Å². The second-order valence-corrected chi connectivity index (χ2v) is 5.48. The molecule has 1 aliphatic heterocycles. The van der Waals surface area contributed by atoms with Crippen molar-refractivity contribution in [3.8, 4) is 0 Å². The Morgan fingerprint density at radius 3 is 2.83 bits per heavy atom. The van der Waals surface area contributed by atoms with Crippen molar-refractivity contribution in [2.45, 2.75) is 51.7 Å². The number of piperazine rings is 1. The maximum absolute atomic E-state index is 4.21. The molecule has 1 fully saturated rings. The van der Waals surface area contributed by atoms with E-state index in [2.05, 4.69) is 42.0 Å². The second kappa shape index (κ2) is 5.81. The zero-order chi connectivity index (χ0) is 13.0. The van der Waals surface area contributed by atoms with Crippen molar-refractivity contribution in [3.05, 3.63) is 30.1 Å². The summed E-state index contributed by atoms with van der Waals surface area (Å²) in [5.41, 5.74) is 1.61. The summed E-state index contributed by atoms with van der Waals surface area (Å²) >= 11 is 0. The lowest BCUT2D eigenvalue weighted by atomic mass is 9.88. The van der Waals surface area contributed by atoms with Gasteiger partial charge in [-0.2, -0.15) is 0 Å². The van der Waals surface area contributed by atoms with Gasteiger partial charge in [0.25, 0.3) is 0 Å². The predicted molar refractivity (Wildman–Crippen MR) is 75.4 cm³/mol. The number of nitrogens with one attached hydrogen (secondary N) is 1. The lowest BCUT2D eigenvalue weighted by molar-refractivity contribution is 0.0745. The maximum atomic E-state index is 4.21. The smallest absolute Gasteiger partial charge is 0.0312 e. The van der Waals surface area contributed by atoms with Crippen LogP contribution in [0.4, 0.5) is 0 Å². The standard InChI is InChI=1S/C15H25N3/c1-4-15(5-2)12-18(13(3)9-17-15)11-14-7-6-8-16-10-14/h6-8,10,13,17H,4-5,9,11-12H2,1-3H3. The summed E-state index contributed by atoms with van der Waals surface area (Å²) in [6, 6.07) is 4.78. The van der Waals surface area contributed by atoms with Crippen LogP contribution in [0.3, 0.4) is 0 Å². The molecule has 1 aliphatic rings. The van der Waals surface area contributed by atoms with E-state index in [4.69, 9.17) is 0 Å². The fourth-order valence-electron chi connectivity index (χ4n) is 2.76. The molecule has 1 unspecified atom stereocenters. The van der Waals surface area contributed by atoms with Gasteiger partial charge < -0.3 is 5.32 Å². The molecular formula is C15H25N3. The van der Waals surface area contributed by atoms with Gasteiger partial charge in [-0.1, -0.05) is 19.9 Å². The normalized spacial score (nSPS) is 24.1. The minimum Gasteiger partial charge on any atom is -0.308 e. The Kier molecular flexibility index (Phi) is 4.36. The highest BCUT2D eigenvalue weighted by molar-refractivity contribution is 5.09. The summed E-state index contributed by atoms with van der Waals surface area (Å²) in [4.78, 5) is 6.79. The van der Waals surface area contributed by atoms with Crippen LogP contribution in [0.15, 0.2) is 24.5 Å². The molecule has 18 heavy (non-hydrogen) atoms. The van der Waals surface area contributed by atoms with Crippen molar-refractivity contribution < 1.29 is 0 Å². The monoisotopic (exact) mass is 247 g/mol. The quantitative estimate of drug-likeness (QED) is 0.885. The van der Waals surface area contributed by atoms with E-state index in [1.165, 1.54) is 18.4 Å². The summed E-state index contributed by atoms with van der Waals surface area (Å²) < 4.78 is 0. The lowest BCUT2D eigenvalue weighted by Crippen LogP contribution is -2.62. The van der Waals surface area contributed by atoms with Gasteiger partial charge in [-0.15, -0.1) is 0 Å². The molecule has 0 aliphatic carbocycles. The number of hydrogen-bond donors (Lipinski definition) is 1. The third kappa shape index (κ3) is 2.90. The lowest BCUT2D eigenvalue weighted by Gasteiger charge is -2.46. The van der Waals surface area contributed by atoms with Crippen molar-refractivity contribution in [2.24, 2.45) is 0 Å². The molecule has 1 saturated heterocycles. The molecule has 2 rings (SSSR count). The van der Waals surface area contributed by atoms with E-state index in [0.29, 0.717) is 11.6 Å². The molecular weight excluding hydrogens is 222 g/mol. The molecule has 3 heteroatoms. The van der Waals surface area contributed by atoms with Crippen molar-refractivity contribution in [1.82, 2.24) is 15.2 Å². The molecule has 0 spiro atoms. The number of hydrogen-bond acceptors (Lipinski definition) is 3. The van der Waals surface area contributed by atoms with Crippen molar-refractivity contribution >= 4 is 0 Å². The third-order valence-corrected chi connectivity index (χ3v) is 4.36. The number of rotatable bonds is 4. The van der Waals surface area contributed by atoms with Gasteiger partial charge in [-0.05, 0) is 31.4 Å². The molecule has 2 heterocycles. The Morgan fingerprint density at radius 1 is 1.44 bits per heavy atom. The van der Waals surface area contributed by atoms with Gasteiger partial charge in [-0.3, -0.25) is 9.88 Å². The van der Waals surface area contributed by atoms with Gasteiger partial charge >= 0.3 is 0 Å². The molecule has 0 amide bonds. The van der Waals surface area contributed by atoms with E-state index in [1.807, 2.05) is 18.5 Å². The summed E-state index contributed by atoms with van der Waals surface area (Å²) in [6.45, 7) is 10.1. The van der Waals surface area contributed by atoms with Crippen LogP contribution in [0.5, 0.6) is 0 Å². The fraction of sp³-hybridized carbons (Fsp3) is 0.667. The van der Waals surface area contributed by atoms with Crippen LogP contribution in [-0.4, -0.2) is 34.6 Å². The molecule has 0 aromatic carbocycles. The molecule has 1 aromatic rings. The highest BCUT2D eigenvalue weighted by atomic mass is 15.2. The number of aromatic nitrogens is 1. The SMILES string of the molecule is CCC1(CC)CN(Cc2cccnc2)C(C)CN1. The van der Waals surface area contributed by atoms with Gasteiger partial charge in [0.15, 0.2) is 0 Å². The number of pyridine rings is 1. The van der Waals surface area contributed by atoms with E-state index >= 15 is 0 Å². The van der Waals surface area contributed by atoms with Crippen LogP contribution < -0.4 is 5.32 Å². The van der Waals surface area contributed by atoms with Crippen molar-refractivity contribution in [2.75, 3.05) is 13.1 Å². The highest BCUT2D eigenvalue weighted by Gasteiger charge is 2.34. The first-order valence-electron chi connectivity index (χ1n) is 7.07. The second-order valence-electron chi connectivity index (χ2n) is 5.48. The van der Waals surface area contributed by atoms with Crippen molar-refractivity contribution in [3.63, 3.8) is 0 Å². The molecule has 3 nitrogen and oxygen atoms in total. The van der Waals surface area contributed by atoms with Gasteiger partial charge in [0.2, 0.25) is 0 Å². The average Bonchev–Trinajstić information content (AvgIpc) is 2.43. The topological polar surface area (TPSA) is 28.2 Å². The summed E-state index contributed by atoms with van der Waals surface area (Å²) in [5, 5.41) is 3.74. The Hall–Kier alpha value is -0.930. The van der Waals surface area contributed by atoms with Crippen LogP contribution in [0.25, 0.3) is 0 Å². The van der Waals surface area contributed by atoms with Crippen LogP contribution >= 0.6 is 0 Å². The molecule has 1 N–H and O–H groups in total. The molecule has 0 radical (unpaired) electrons. The van der Waals surface area contributed by atoms with Crippen molar-refractivity contribution in [1.29, 1.82) is 0 Å². The van der Waals surface area contributed by atoms with Crippen LogP contribution in [0, 0.1) is 0 Å². The zero-order valence-corrected chi connectivity index (χ0v) is 11.8. The molecule has 1 atom stereocenters. The van der Waals surface area contributed by atoms with E-state index < -0.39 is 0 Å². The van der Waals surface area contributed by atoms with Gasteiger partial charge in [0, 0.05) is 43.6 Å². The first-order chi connectivity index (χ1) is 8.69. The van der Waals surface area contributed by atoms with Crippen LogP contribution in [-0.2, 0) is 6.54 Å². The minimum atomic E-state index is 0.300. The Balaban J connectivity index is 2.06. The van der Waals surface area contributed by atoms with E-state index in [1.54, 1.807) is 0 Å².